The van der Waals surface area contributed by atoms with Crippen LogP contribution >= 0.6 is 11.6 Å². The van der Waals surface area contributed by atoms with E-state index < -0.39 is 5.78 Å². The van der Waals surface area contributed by atoms with E-state index in [0.717, 1.165) is 0 Å². The lowest BCUT2D eigenvalue weighted by Gasteiger charge is -2.12. The Kier molecular flexibility index (Phi) is 4.57. The van der Waals surface area contributed by atoms with Crippen molar-refractivity contribution in [1.82, 2.24) is 0 Å². The van der Waals surface area contributed by atoms with Gasteiger partial charge in [-0.2, -0.15) is 0 Å². The summed E-state index contributed by atoms with van der Waals surface area (Å²) in [6.45, 7) is 0. The molecule has 5 heteroatoms. The number of phenols is 1. The summed E-state index contributed by atoms with van der Waals surface area (Å²) in [5, 5.41) is 11.3. The van der Waals surface area contributed by atoms with Gasteiger partial charge in [-0.1, -0.05) is 54.1 Å². The largest absolute Gasteiger partial charge is 0.507 e. The van der Waals surface area contributed by atoms with Crippen molar-refractivity contribution in [2.24, 2.45) is 0 Å². The van der Waals surface area contributed by atoms with Gasteiger partial charge >= 0.3 is 0 Å². The maximum absolute atomic E-state index is 13.3. The van der Waals surface area contributed by atoms with Crippen LogP contribution in [0.5, 0.6) is 5.75 Å². The minimum absolute atomic E-state index is 0.127. The summed E-state index contributed by atoms with van der Waals surface area (Å²) in [5.74, 6) is -0.529. The van der Waals surface area contributed by atoms with Crippen LogP contribution in [0, 0.1) is 0 Å². The Labute approximate surface area is 181 Å². The van der Waals surface area contributed by atoms with Crippen molar-refractivity contribution in [2.75, 3.05) is 0 Å². The van der Waals surface area contributed by atoms with E-state index in [1.54, 1.807) is 66.7 Å². The lowest BCUT2D eigenvalue weighted by atomic mass is 9.94. The maximum Gasteiger partial charge on any atom is 0.200 e. The summed E-state index contributed by atoms with van der Waals surface area (Å²) in [4.78, 5) is 26.5. The summed E-state index contributed by atoms with van der Waals surface area (Å²) < 4.78 is 6.11. The van der Waals surface area contributed by atoms with Gasteiger partial charge < -0.3 is 9.52 Å². The third kappa shape index (κ3) is 3.18. The second-order valence-corrected chi connectivity index (χ2v) is 7.56. The van der Waals surface area contributed by atoms with E-state index in [1.807, 2.05) is 6.07 Å². The zero-order chi connectivity index (χ0) is 21.5. The van der Waals surface area contributed by atoms with Gasteiger partial charge in [0.15, 0.2) is 5.78 Å². The normalized spacial score (nSPS) is 11.1. The van der Waals surface area contributed by atoms with Gasteiger partial charge in [-0.3, -0.25) is 9.59 Å². The molecule has 0 fully saturated rings. The summed E-state index contributed by atoms with van der Waals surface area (Å²) in [7, 11) is 0. The van der Waals surface area contributed by atoms with Gasteiger partial charge in [0.1, 0.15) is 16.9 Å². The van der Waals surface area contributed by atoms with Crippen LogP contribution in [0.15, 0.2) is 94.1 Å². The minimum Gasteiger partial charge on any atom is -0.507 e. The number of hydrogen-bond acceptors (Lipinski definition) is 4. The Hall–Kier alpha value is -3.89. The van der Waals surface area contributed by atoms with Gasteiger partial charge in [0, 0.05) is 21.7 Å². The maximum atomic E-state index is 13.3. The fourth-order valence-electron chi connectivity index (χ4n) is 3.74. The van der Waals surface area contributed by atoms with E-state index in [4.69, 9.17) is 16.0 Å². The second kappa shape index (κ2) is 7.42. The highest BCUT2D eigenvalue weighted by molar-refractivity contribution is 6.33. The van der Waals surface area contributed by atoms with E-state index in [9.17, 15) is 14.7 Å². The number of para-hydroxylation sites is 2. The molecule has 0 unspecified atom stereocenters. The number of halogens is 1. The standard InChI is InChI=1S/C26H15ClO4/c27-21-10-4-1-7-16(21)19-13-15(24(29)17-8-2-5-11-22(17)28)14-20-25(30)18-9-3-6-12-23(18)31-26(19)20/h1-14,28H. The van der Waals surface area contributed by atoms with E-state index in [-0.39, 0.29) is 27.7 Å². The van der Waals surface area contributed by atoms with E-state index in [2.05, 4.69) is 0 Å². The molecule has 1 heterocycles. The van der Waals surface area contributed by atoms with Crippen LogP contribution < -0.4 is 5.43 Å². The number of fused-ring (bicyclic) bond motifs is 2. The van der Waals surface area contributed by atoms with Gasteiger partial charge in [-0.25, -0.2) is 0 Å². The first-order valence-corrected chi connectivity index (χ1v) is 9.99. The smallest absolute Gasteiger partial charge is 0.200 e. The first kappa shape index (κ1) is 19.1. The van der Waals surface area contributed by atoms with E-state index >= 15 is 0 Å². The molecular formula is C26H15ClO4. The van der Waals surface area contributed by atoms with Crippen LogP contribution in [0.1, 0.15) is 15.9 Å². The number of ketones is 1. The fraction of sp³-hybridized carbons (Fsp3) is 0. The average Bonchev–Trinajstić information content (AvgIpc) is 2.79. The molecule has 31 heavy (non-hydrogen) atoms. The van der Waals surface area contributed by atoms with Gasteiger partial charge in [0.2, 0.25) is 5.43 Å². The predicted molar refractivity (Wildman–Crippen MR) is 122 cm³/mol. The number of hydrogen-bond donors (Lipinski definition) is 1. The van der Waals surface area contributed by atoms with Crippen molar-refractivity contribution in [3.8, 4) is 16.9 Å². The van der Waals surface area contributed by atoms with Crippen molar-refractivity contribution in [2.45, 2.75) is 0 Å². The molecule has 0 aliphatic heterocycles. The number of phenolic OH excluding ortho intramolecular Hbond substituents is 1. The highest BCUT2D eigenvalue weighted by Crippen LogP contribution is 2.36. The van der Waals surface area contributed by atoms with E-state index in [1.165, 1.54) is 12.1 Å². The molecule has 5 rings (SSSR count). The third-order valence-corrected chi connectivity index (χ3v) is 5.58. The number of carbonyl (C=O) groups is 1. The Morgan fingerprint density at radius 1 is 0.806 bits per heavy atom. The zero-order valence-electron chi connectivity index (χ0n) is 16.1. The molecule has 0 amide bonds. The second-order valence-electron chi connectivity index (χ2n) is 7.15. The van der Waals surface area contributed by atoms with Crippen molar-refractivity contribution < 1.29 is 14.3 Å². The molecule has 0 saturated heterocycles. The van der Waals surface area contributed by atoms with Crippen LogP contribution in [0.3, 0.4) is 0 Å². The van der Waals surface area contributed by atoms with Gasteiger partial charge in [0.25, 0.3) is 0 Å². The molecule has 1 N–H and O–H groups in total. The van der Waals surface area contributed by atoms with Gasteiger partial charge in [-0.15, -0.1) is 0 Å². The molecule has 150 valence electrons. The molecule has 0 radical (unpaired) electrons. The van der Waals surface area contributed by atoms with Gasteiger partial charge in [-0.05, 0) is 42.5 Å². The number of rotatable bonds is 3. The molecule has 0 aliphatic rings. The summed E-state index contributed by atoms with van der Waals surface area (Å²) >= 11 is 6.45. The Balaban J connectivity index is 1.89. The quantitative estimate of drug-likeness (QED) is 0.275. The molecular weight excluding hydrogens is 412 g/mol. The van der Waals surface area contributed by atoms with Crippen LogP contribution in [0.2, 0.25) is 5.02 Å². The monoisotopic (exact) mass is 426 g/mol. The molecule has 0 spiro atoms. The highest BCUT2D eigenvalue weighted by Gasteiger charge is 2.20. The first-order valence-electron chi connectivity index (χ1n) is 9.62. The first-order chi connectivity index (χ1) is 15.0. The Morgan fingerprint density at radius 2 is 1.52 bits per heavy atom. The van der Waals surface area contributed by atoms with Crippen molar-refractivity contribution in [3.63, 3.8) is 0 Å². The Morgan fingerprint density at radius 3 is 2.32 bits per heavy atom. The molecule has 4 aromatic carbocycles. The SMILES string of the molecule is O=C(c1cc(-c2ccccc2Cl)c2oc3ccccc3c(=O)c2c1)c1ccccc1O. The summed E-state index contributed by atoms with van der Waals surface area (Å²) in [6, 6.07) is 23.6. The number of carbonyl (C=O) groups excluding carboxylic acids is 1. The van der Waals surface area contributed by atoms with Crippen LogP contribution in [-0.4, -0.2) is 10.9 Å². The van der Waals surface area contributed by atoms with Crippen molar-refractivity contribution in [1.29, 1.82) is 0 Å². The molecule has 1 aromatic heterocycles. The van der Waals surface area contributed by atoms with E-state index in [0.29, 0.717) is 32.7 Å². The van der Waals surface area contributed by atoms with Crippen molar-refractivity contribution >= 4 is 39.3 Å². The molecule has 0 saturated carbocycles. The molecule has 0 aliphatic carbocycles. The number of benzene rings is 4. The molecule has 0 bridgehead atoms. The average molecular weight is 427 g/mol. The fourth-order valence-corrected chi connectivity index (χ4v) is 3.98. The van der Waals surface area contributed by atoms with Crippen LogP contribution in [0.25, 0.3) is 33.1 Å². The number of aromatic hydroxyl groups is 1. The predicted octanol–water partition coefficient (Wildman–Crippen LogP) is 6.20. The molecule has 4 nitrogen and oxygen atoms in total. The highest BCUT2D eigenvalue weighted by atomic mass is 35.5. The molecule has 0 atom stereocenters. The van der Waals surface area contributed by atoms with Gasteiger partial charge in [0.05, 0.1) is 16.3 Å². The summed E-state index contributed by atoms with van der Waals surface area (Å²) in [5.41, 5.74) is 2.14. The lowest BCUT2D eigenvalue weighted by molar-refractivity contribution is 0.103. The van der Waals surface area contributed by atoms with Crippen LogP contribution in [0.4, 0.5) is 0 Å². The topological polar surface area (TPSA) is 67.5 Å². The zero-order valence-corrected chi connectivity index (χ0v) is 16.9. The Bertz CT molecular complexity index is 1550. The molecule has 5 aromatic rings. The van der Waals surface area contributed by atoms with Crippen molar-refractivity contribution in [3.05, 3.63) is 111 Å². The minimum atomic E-state index is -0.402. The lowest BCUT2D eigenvalue weighted by Crippen LogP contribution is -2.07. The van der Waals surface area contributed by atoms with Crippen LogP contribution in [-0.2, 0) is 0 Å². The summed E-state index contributed by atoms with van der Waals surface area (Å²) in [6.07, 6.45) is 0. The third-order valence-electron chi connectivity index (χ3n) is 5.25.